The number of ether oxygens (including phenoxy) is 1. The molecule has 2 N–H and O–H groups in total. The minimum Gasteiger partial charge on any atom is -0.378 e. The summed E-state index contributed by atoms with van der Waals surface area (Å²) in [5, 5.41) is 16.6. The second kappa shape index (κ2) is 5.89. The summed E-state index contributed by atoms with van der Waals surface area (Å²) < 4.78 is 31.7. The molecule has 2 rings (SSSR count). The third kappa shape index (κ3) is 3.36. The topological polar surface area (TPSA) is 76.4 Å². The van der Waals surface area contributed by atoms with Crippen LogP contribution in [0.4, 0.5) is 20.2 Å². The van der Waals surface area contributed by atoms with E-state index in [1.807, 2.05) is 0 Å². The van der Waals surface area contributed by atoms with Crippen molar-refractivity contribution in [1.29, 1.82) is 0 Å². The van der Waals surface area contributed by atoms with E-state index < -0.39 is 22.2 Å². The smallest absolute Gasteiger partial charge is 0.327 e. The van der Waals surface area contributed by atoms with Gasteiger partial charge in [-0.3, -0.25) is 10.1 Å². The van der Waals surface area contributed by atoms with Crippen molar-refractivity contribution in [2.75, 3.05) is 31.6 Å². The number of nitrogens with zero attached hydrogens (tertiary/aromatic N) is 1. The molecule has 0 radical (unpaired) electrons. The molecule has 1 saturated heterocycles. The van der Waals surface area contributed by atoms with Gasteiger partial charge in [-0.15, -0.1) is 0 Å². The second-order valence-electron chi connectivity index (χ2n) is 4.15. The Morgan fingerprint density at radius 3 is 2.95 bits per heavy atom. The summed E-state index contributed by atoms with van der Waals surface area (Å²) in [7, 11) is 0. The fraction of sp³-hybridized carbons (Fsp3) is 0.455. The fourth-order valence-corrected chi connectivity index (χ4v) is 1.87. The van der Waals surface area contributed by atoms with E-state index in [1.165, 1.54) is 0 Å². The predicted octanol–water partition coefficient (Wildman–Crippen LogP) is 1.27. The Morgan fingerprint density at radius 2 is 2.32 bits per heavy atom. The van der Waals surface area contributed by atoms with Gasteiger partial charge >= 0.3 is 5.69 Å². The molecule has 0 aromatic heterocycles. The van der Waals surface area contributed by atoms with Gasteiger partial charge in [0.05, 0.1) is 18.1 Å². The Balaban J connectivity index is 2.12. The average molecular weight is 273 g/mol. The van der Waals surface area contributed by atoms with Gasteiger partial charge in [0.15, 0.2) is 0 Å². The van der Waals surface area contributed by atoms with Crippen molar-refractivity contribution in [2.24, 2.45) is 0 Å². The molecule has 0 aliphatic carbocycles. The predicted molar refractivity (Wildman–Crippen MR) is 64.1 cm³/mol. The minimum absolute atomic E-state index is 0.0558. The van der Waals surface area contributed by atoms with E-state index in [0.29, 0.717) is 25.8 Å². The quantitative estimate of drug-likeness (QED) is 0.638. The highest BCUT2D eigenvalue weighted by Crippen LogP contribution is 2.28. The molecule has 19 heavy (non-hydrogen) atoms. The molecule has 1 heterocycles. The molecule has 0 bridgehead atoms. The van der Waals surface area contributed by atoms with Crippen molar-refractivity contribution in [2.45, 2.75) is 6.04 Å². The van der Waals surface area contributed by atoms with Crippen molar-refractivity contribution >= 4 is 11.4 Å². The van der Waals surface area contributed by atoms with Crippen LogP contribution < -0.4 is 10.6 Å². The lowest BCUT2D eigenvalue weighted by Gasteiger charge is -2.24. The zero-order chi connectivity index (χ0) is 13.8. The first-order valence-corrected chi connectivity index (χ1v) is 5.76. The summed E-state index contributed by atoms with van der Waals surface area (Å²) in [5.41, 5.74) is -0.923. The van der Waals surface area contributed by atoms with Gasteiger partial charge in [0, 0.05) is 31.3 Å². The van der Waals surface area contributed by atoms with Crippen molar-refractivity contribution in [3.8, 4) is 0 Å². The molecule has 0 saturated carbocycles. The number of halogens is 2. The maximum Gasteiger partial charge on any atom is 0.327 e. The molecule has 0 amide bonds. The number of nitro benzene ring substituents is 1. The van der Waals surface area contributed by atoms with Gasteiger partial charge in [-0.2, -0.15) is 4.39 Å². The number of hydrogen-bond acceptors (Lipinski definition) is 5. The largest absolute Gasteiger partial charge is 0.378 e. The lowest BCUT2D eigenvalue weighted by atomic mass is 10.2. The van der Waals surface area contributed by atoms with Crippen molar-refractivity contribution in [3.63, 3.8) is 0 Å². The van der Waals surface area contributed by atoms with E-state index in [4.69, 9.17) is 4.74 Å². The number of anilines is 1. The monoisotopic (exact) mass is 273 g/mol. The Kier molecular flexibility index (Phi) is 4.23. The molecule has 1 aromatic rings. The van der Waals surface area contributed by atoms with E-state index in [-0.39, 0.29) is 18.3 Å². The van der Waals surface area contributed by atoms with Crippen LogP contribution in [0.3, 0.4) is 0 Å². The van der Waals surface area contributed by atoms with Crippen LogP contribution in [0.5, 0.6) is 0 Å². The number of benzene rings is 1. The van der Waals surface area contributed by atoms with Crippen LogP contribution in [0.2, 0.25) is 0 Å². The van der Waals surface area contributed by atoms with E-state index in [0.717, 1.165) is 6.07 Å². The molecule has 8 heteroatoms. The lowest BCUT2D eigenvalue weighted by molar-refractivity contribution is -0.386. The Labute approximate surface area is 107 Å². The summed E-state index contributed by atoms with van der Waals surface area (Å²) in [4.78, 5) is 9.89. The summed E-state index contributed by atoms with van der Waals surface area (Å²) in [5.74, 6) is -2.06. The average Bonchev–Trinajstić information content (AvgIpc) is 2.36. The van der Waals surface area contributed by atoms with Gasteiger partial charge in [-0.1, -0.05) is 0 Å². The SMILES string of the molecule is O=[N+]([O-])c1c(F)cc(F)cc1NCC1COCCN1. The maximum atomic E-state index is 13.4. The first kappa shape index (κ1) is 13.6. The summed E-state index contributed by atoms with van der Waals surface area (Å²) in [6, 6.07) is 1.34. The molecule has 1 unspecified atom stereocenters. The highest BCUT2D eigenvalue weighted by atomic mass is 19.1. The van der Waals surface area contributed by atoms with Gasteiger partial charge in [-0.25, -0.2) is 4.39 Å². The molecule has 0 spiro atoms. The number of rotatable bonds is 4. The van der Waals surface area contributed by atoms with Crippen molar-refractivity contribution in [1.82, 2.24) is 5.32 Å². The molecule has 104 valence electrons. The standard InChI is InChI=1S/C11H13F2N3O3/c12-7-3-9(13)11(16(17)18)10(4-7)15-5-8-6-19-2-1-14-8/h3-4,8,14-15H,1-2,5-6H2. The third-order valence-electron chi connectivity index (χ3n) is 2.75. The van der Waals surface area contributed by atoms with Crippen LogP contribution in [-0.4, -0.2) is 37.3 Å². The van der Waals surface area contributed by atoms with Crippen LogP contribution in [0, 0.1) is 21.7 Å². The van der Waals surface area contributed by atoms with Gasteiger partial charge in [0.2, 0.25) is 5.82 Å². The molecule has 1 aliphatic rings. The lowest BCUT2D eigenvalue weighted by Crippen LogP contribution is -2.45. The summed E-state index contributed by atoms with van der Waals surface area (Å²) in [6.45, 7) is 2.00. The van der Waals surface area contributed by atoms with E-state index >= 15 is 0 Å². The maximum absolute atomic E-state index is 13.4. The van der Waals surface area contributed by atoms with Gasteiger partial charge in [0.25, 0.3) is 0 Å². The molecular weight excluding hydrogens is 260 g/mol. The zero-order valence-electron chi connectivity index (χ0n) is 9.99. The Hall–Kier alpha value is -1.80. The Bertz CT molecular complexity index is 478. The molecule has 6 nitrogen and oxygen atoms in total. The van der Waals surface area contributed by atoms with Gasteiger partial charge in [-0.05, 0) is 0 Å². The van der Waals surface area contributed by atoms with Crippen molar-refractivity contribution in [3.05, 3.63) is 33.9 Å². The van der Waals surface area contributed by atoms with E-state index in [2.05, 4.69) is 10.6 Å². The van der Waals surface area contributed by atoms with Crippen LogP contribution >= 0.6 is 0 Å². The third-order valence-corrected chi connectivity index (χ3v) is 2.75. The van der Waals surface area contributed by atoms with E-state index in [9.17, 15) is 18.9 Å². The van der Waals surface area contributed by atoms with Gasteiger partial charge < -0.3 is 15.4 Å². The first-order valence-electron chi connectivity index (χ1n) is 5.76. The zero-order valence-corrected chi connectivity index (χ0v) is 9.99. The highest BCUT2D eigenvalue weighted by molar-refractivity contribution is 5.62. The highest BCUT2D eigenvalue weighted by Gasteiger charge is 2.23. The number of nitrogens with one attached hydrogen (secondary N) is 2. The Morgan fingerprint density at radius 1 is 1.53 bits per heavy atom. The fourth-order valence-electron chi connectivity index (χ4n) is 1.87. The minimum atomic E-state index is -1.19. The van der Waals surface area contributed by atoms with Crippen LogP contribution in [0.1, 0.15) is 0 Å². The number of hydrogen-bond donors (Lipinski definition) is 2. The summed E-state index contributed by atoms with van der Waals surface area (Å²) >= 11 is 0. The van der Waals surface area contributed by atoms with E-state index in [1.54, 1.807) is 0 Å². The second-order valence-corrected chi connectivity index (χ2v) is 4.15. The number of nitro groups is 1. The summed E-state index contributed by atoms with van der Waals surface area (Å²) in [6.07, 6.45) is 0. The molecule has 1 atom stereocenters. The van der Waals surface area contributed by atoms with Crippen LogP contribution in [0.25, 0.3) is 0 Å². The van der Waals surface area contributed by atoms with Crippen LogP contribution in [0.15, 0.2) is 12.1 Å². The molecule has 1 aromatic carbocycles. The van der Waals surface area contributed by atoms with Crippen LogP contribution in [-0.2, 0) is 4.74 Å². The van der Waals surface area contributed by atoms with Crippen molar-refractivity contribution < 1.29 is 18.4 Å². The van der Waals surface area contributed by atoms with Gasteiger partial charge in [0.1, 0.15) is 11.5 Å². The number of morpholine rings is 1. The molecule has 1 aliphatic heterocycles. The first-order chi connectivity index (χ1) is 9.08. The molecular formula is C11H13F2N3O3. The normalized spacial score (nSPS) is 19.2. The molecule has 1 fully saturated rings.